The lowest BCUT2D eigenvalue weighted by molar-refractivity contribution is 0.0533. The van der Waals surface area contributed by atoms with E-state index in [1.165, 1.54) is 44.5 Å². The third-order valence-corrected chi connectivity index (χ3v) is 6.46. The zero-order valence-corrected chi connectivity index (χ0v) is 15.6. The number of hydrogen-bond acceptors (Lipinski definition) is 3. The van der Waals surface area contributed by atoms with Crippen LogP contribution in [0, 0.1) is 11.8 Å². The van der Waals surface area contributed by atoms with Crippen molar-refractivity contribution in [1.82, 2.24) is 10.2 Å². The molecule has 1 aliphatic heterocycles. The first-order valence-corrected chi connectivity index (χ1v) is 10.2. The predicted molar refractivity (Wildman–Crippen MR) is 96.1 cm³/mol. The highest BCUT2D eigenvalue weighted by atomic mass is 32.2. The molecule has 0 amide bonds. The summed E-state index contributed by atoms with van der Waals surface area (Å²) in [5.41, 5.74) is 0. The molecule has 1 saturated heterocycles. The van der Waals surface area contributed by atoms with Gasteiger partial charge in [0.1, 0.15) is 0 Å². The number of nitrogens with zero attached hydrogens (tertiary/aromatic N) is 1. The van der Waals surface area contributed by atoms with Crippen LogP contribution in [0.3, 0.4) is 0 Å². The van der Waals surface area contributed by atoms with Gasteiger partial charge in [0.15, 0.2) is 0 Å². The van der Waals surface area contributed by atoms with Crippen LogP contribution in [0.5, 0.6) is 0 Å². The van der Waals surface area contributed by atoms with Crippen molar-refractivity contribution < 1.29 is 0 Å². The molecule has 0 radical (unpaired) electrons. The zero-order valence-electron chi connectivity index (χ0n) is 14.8. The molecule has 3 heteroatoms. The highest BCUT2D eigenvalue weighted by molar-refractivity contribution is 7.99. The van der Waals surface area contributed by atoms with Gasteiger partial charge in [-0.3, -0.25) is 4.90 Å². The Hall–Kier alpha value is 0.270. The molecule has 4 atom stereocenters. The number of nitrogens with one attached hydrogen (secondary N) is 1. The fraction of sp³-hybridized carbons (Fsp3) is 1.00. The van der Waals surface area contributed by atoms with Crippen LogP contribution in [-0.4, -0.2) is 47.1 Å². The van der Waals surface area contributed by atoms with Crippen LogP contribution in [-0.2, 0) is 0 Å². The zero-order chi connectivity index (χ0) is 15.4. The lowest BCUT2D eigenvalue weighted by Gasteiger charge is -2.46. The van der Waals surface area contributed by atoms with E-state index in [1.54, 1.807) is 0 Å². The van der Waals surface area contributed by atoms with Gasteiger partial charge in [-0.1, -0.05) is 34.6 Å². The van der Waals surface area contributed by atoms with Crippen LogP contribution in [0.2, 0.25) is 0 Å². The Bertz CT molecular complexity index is 306. The summed E-state index contributed by atoms with van der Waals surface area (Å²) in [6.07, 6.45) is 5.61. The average molecular weight is 313 g/mol. The van der Waals surface area contributed by atoms with Crippen molar-refractivity contribution in [2.75, 3.05) is 18.8 Å². The molecule has 2 fully saturated rings. The minimum atomic E-state index is 0.706. The van der Waals surface area contributed by atoms with Gasteiger partial charge in [0.2, 0.25) is 0 Å². The van der Waals surface area contributed by atoms with E-state index in [1.807, 2.05) is 0 Å². The fourth-order valence-corrected chi connectivity index (χ4v) is 5.36. The van der Waals surface area contributed by atoms with E-state index in [2.05, 4.69) is 56.6 Å². The summed E-state index contributed by atoms with van der Waals surface area (Å²) in [5, 5.41) is 4.75. The molecule has 4 unspecified atom stereocenters. The molecule has 2 aliphatic rings. The Morgan fingerprint density at radius 2 is 1.95 bits per heavy atom. The van der Waals surface area contributed by atoms with Gasteiger partial charge in [-0.05, 0) is 43.3 Å². The lowest BCUT2D eigenvalue weighted by Crippen LogP contribution is -2.60. The average Bonchev–Trinajstić information content (AvgIpc) is 2.86. The van der Waals surface area contributed by atoms with Gasteiger partial charge in [-0.2, -0.15) is 11.8 Å². The summed E-state index contributed by atoms with van der Waals surface area (Å²) in [6, 6.07) is 2.29. The molecule has 2 rings (SSSR count). The molecule has 0 bridgehead atoms. The van der Waals surface area contributed by atoms with E-state index in [-0.39, 0.29) is 0 Å². The normalized spacial score (nSPS) is 35.0. The summed E-state index contributed by atoms with van der Waals surface area (Å²) in [4.78, 5) is 2.89. The first-order chi connectivity index (χ1) is 10.0. The lowest BCUT2D eigenvalue weighted by atomic mass is 9.93. The summed E-state index contributed by atoms with van der Waals surface area (Å²) in [6.45, 7) is 14.3. The molecule has 1 N–H and O–H groups in total. The molecular weight excluding hydrogens is 276 g/mol. The molecule has 0 aromatic heterocycles. The molecule has 124 valence electrons. The largest absolute Gasteiger partial charge is 0.311 e. The maximum Gasteiger partial charge on any atom is 0.0247 e. The van der Waals surface area contributed by atoms with Crippen LogP contribution in [0.4, 0.5) is 0 Å². The maximum absolute atomic E-state index is 3.82. The Morgan fingerprint density at radius 3 is 2.57 bits per heavy atom. The van der Waals surface area contributed by atoms with Crippen LogP contribution >= 0.6 is 11.8 Å². The van der Waals surface area contributed by atoms with E-state index in [0.717, 1.165) is 29.2 Å². The first kappa shape index (κ1) is 17.6. The molecule has 0 spiro atoms. The topological polar surface area (TPSA) is 15.3 Å². The van der Waals surface area contributed by atoms with Crippen LogP contribution in [0.15, 0.2) is 0 Å². The van der Waals surface area contributed by atoms with Gasteiger partial charge in [0.05, 0.1) is 0 Å². The second kappa shape index (κ2) is 8.21. The number of thioether (sulfide) groups is 1. The summed E-state index contributed by atoms with van der Waals surface area (Å²) in [7, 11) is 0. The van der Waals surface area contributed by atoms with Crippen molar-refractivity contribution in [2.45, 2.75) is 83.7 Å². The summed E-state index contributed by atoms with van der Waals surface area (Å²) in [5.74, 6) is 2.84. The fourth-order valence-electron chi connectivity index (χ4n) is 4.23. The second-order valence-corrected chi connectivity index (χ2v) is 9.36. The van der Waals surface area contributed by atoms with Gasteiger partial charge in [-0.15, -0.1) is 0 Å². The standard InChI is InChI=1S/C18H36N2S/c1-6-21-17-8-7-16(10-17)20-12-15(9-13(2)3)19-11-18(20)14(4)5/h13-19H,6-12H2,1-5H3. The SMILES string of the molecule is CCSC1CCC(N2CC(CC(C)C)NCC2C(C)C)C1. The van der Waals surface area contributed by atoms with Crippen molar-refractivity contribution in [1.29, 1.82) is 0 Å². The van der Waals surface area contributed by atoms with E-state index in [0.29, 0.717) is 6.04 Å². The first-order valence-electron chi connectivity index (χ1n) is 9.12. The molecular formula is C18H36N2S. The minimum absolute atomic E-state index is 0.706. The number of hydrogen-bond donors (Lipinski definition) is 1. The quantitative estimate of drug-likeness (QED) is 0.798. The van der Waals surface area contributed by atoms with Gasteiger partial charge < -0.3 is 5.32 Å². The van der Waals surface area contributed by atoms with Gasteiger partial charge >= 0.3 is 0 Å². The van der Waals surface area contributed by atoms with E-state index in [4.69, 9.17) is 0 Å². The minimum Gasteiger partial charge on any atom is -0.311 e. The van der Waals surface area contributed by atoms with Crippen molar-refractivity contribution in [3.8, 4) is 0 Å². The highest BCUT2D eigenvalue weighted by Crippen LogP contribution is 2.35. The summed E-state index contributed by atoms with van der Waals surface area (Å²) < 4.78 is 0. The number of rotatable bonds is 6. The van der Waals surface area contributed by atoms with Crippen LogP contribution in [0.1, 0.15) is 60.3 Å². The van der Waals surface area contributed by atoms with Gasteiger partial charge in [-0.25, -0.2) is 0 Å². The molecule has 21 heavy (non-hydrogen) atoms. The Balaban J connectivity index is 1.97. The molecule has 1 aliphatic carbocycles. The third kappa shape index (κ3) is 4.87. The van der Waals surface area contributed by atoms with Crippen molar-refractivity contribution >= 4 is 11.8 Å². The Labute approximate surface area is 136 Å². The maximum atomic E-state index is 3.82. The second-order valence-electron chi connectivity index (χ2n) is 7.79. The smallest absolute Gasteiger partial charge is 0.0247 e. The van der Waals surface area contributed by atoms with Crippen molar-refractivity contribution in [3.05, 3.63) is 0 Å². The Morgan fingerprint density at radius 1 is 1.19 bits per heavy atom. The van der Waals surface area contributed by atoms with Crippen LogP contribution < -0.4 is 5.32 Å². The molecule has 0 aromatic carbocycles. The molecule has 1 saturated carbocycles. The van der Waals surface area contributed by atoms with E-state index in [9.17, 15) is 0 Å². The van der Waals surface area contributed by atoms with Gasteiger partial charge in [0, 0.05) is 36.5 Å². The van der Waals surface area contributed by atoms with Gasteiger partial charge in [0.25, 0.3) is 0 Å². The highest BCUT2D eigenvalue weighted by Gasteiger charge is 2.37. The van der Waals surface area contributed by atoms with E-state index < -0.39 is 0 Å². The predicted octanol–water partition coefficient (Wildman–Crippen LogP) is 4.01. The molecule has 1 heterocycles. The van der Waals surface area contributed by atoms with E-state index >= 15 is 0 Å². The summed E-state index contributed by atoms with van der Waals surface area (Å²) >= 11 is 2.19. The van der Waals surface area contributed by atoms with Crippen LogP contribution in [0.25, 0.3) is 0 Å². The Kier molecular flexibility index (Phi) is 6.89. The molecule has 0 aromatic rings. The monoisotopic (exact) mass is 312 g/mol. The third-order valence-electron chi connectivity index (χ3n) is 5.23. The van der Waals surface area contributed by atoms with Crippen molar-refractivity contribution in [2.24, 2.45) is 11.8 Å². The van der Waals surface area contributed by atoms with Crippen molar-refractivity contribution in [3.63, 3.8) is 0 Å². The molecule has 2 nitrogen and oxygen atoms in total. The number of piperazine rings is 1.